The van der Waals surface area contributed by atoms with Crippen LogP contribution in [0, 0.1) is 6.92 Å². The fraction of sp³-hybridized carbons (Fsp3) is 0.154. The van der Waals surface area contributed by atoms with Crippen LogP contribution in [0.5, 0.6) is 11.6 Å². The Balaban J connectivity index is 2.22. The molecule has 0 unspecified atom stereocenters. The van der Waals surface area contributed by atoms with Gasteiger partial charge in [-0.3, -0.25) is 0 Å². The lowest BCUT2D eigenvalue weighted by Crippen LogP contribution is -1.90. The molecular formula is C13H11Cl2NO. The van der Waals surface area contributed by atoms with Gasteiger partial charge in [-0.25, -0.2) is 4.98 Å². The Morgan fingerprint density at radius 2 is 2.06 bits per heavy atom. The second-order valence-corrected chi connectivity index (χ2v) is 4.35. The van der Waals surface area contributed by atoms with Crippen molar-refractivity contribution in [2.45, 2.75) is 12.8 Å². The first-order valence-electron chi connectivity index (χ1n) is 5.14. The normalized spacial score (nSPS) is 10.3. The number of aromatic nitrogens is 1. The van der Waals surface area contributed by atoms with Gasteiger partial charge in [-0.1, -0.05) is 23.7 Å². The summed E-state index contributed by atoms with van der Waals surface area (Å²) >= 11 is 11.7. The quantitative estimate of drug-likeness (QED) is 0.760. The molecule has 0 atom stereocenters. The van der Waals surface area contributed by atoms with Gasteiger partial charge in [0.15, 0.2) is 0 Å². The molecular weight excluding hydrogens is 257 g/mol. The van der Waals surface area contributed by atoms with Gasteiger partial charge >= 0.3 is 0 Å². The maximum atomic E-state index is 6.03. The molecule has 1 aromatic heterocycles. The fourth-order valence-electron chi connectivity index (χ4n) is 1.35. The smallest absolute Gasteiger partial charge is 0.219 e. The van der Waals surface area contributed by atoms with Gasteiger partial charge in [0.25, 0.3) is 0 Å². The lowest BCUT2D eigenvalue weighted by atomic mass is 10.2. The third-order valence-electron chi connectivity index (χ3n) is 2.25. The predicted molar refractivity (Wildman–Crippen MR) is 70.1 cm³/mol. The van der Waals surface area contributed by atoms with E-state index in [2.05, 4.69) is 4.98 Å². The van der Waals surface area contributed by atoms with E-state index < -0.39 is 0 Å². The number of pyridine rings is 1. The van der Waals surface area contributed by atoms with Crippen molar-refractivity contribution in [1.29, 1.82) is 0 Å². The molecule has 0 saturated heterocycles. The van der Waals surface area contributed by atoms with Crippen LogP contribution in [0.3, 0.4) is 0 Å². The molecule has 0 fully saturated rings. The summed E-state index contributed by atoms with van der Waals surface area (Å²) in [5, 5.41) is 0.568. The van der Waals surface area contributed by atoms with Crippen LogP contribution in [0.25, 0.3) is 0 Å². The zero-order valence-corrected chi connectivity index (χ0v) is 10.8. The van der Waals surface area contributed by atoms with Crippen LogP contribution in [0.4, 0.5) is 0 Å². The summed E-state index contributed by atoms with van der Waals surface area (Å²) in [6.45, 7) is 1.98. The van der Waals surface area contributed by atoms with Gasteiger partial charge in [-0.15, -0.1) is 11.6 Å². The van der Waals surface area contributed by atoms with Gasteiger partial charge in [0, 0.05) is 18.1 Å². The number of halogens is 2. The lowest BCUT2D eigenvalue weighted by molar-refractivity contribution is 0.462. The van der Waals surface area contributed by atoms with E-state index in [1.54, 1.807) is 18.3 Å². The van der Waals surface area contributed by atoms with E-state index in [9.17, 15) is 0 Å². The standard InChI is InChI=1S/C13H11Cl2NO/c1-9-2-4-11(15)12(6-9)17-13-5-3-10(7-14)8-16-13/h2-6,8H,7H2,1H3. The zero-order valence-electron chi connectivity index (χ0n) is 9.28. The Hall–Kier alpha value is -1.25. The van der Waals surface area contributed by atoms with Crippen molar-refractivity contribution >= 4 is 23.2 Å². The molecule has 0 aliphatic rings. The fourth-order valence-corrected chi connectivity index (χ4v) is 1.67. The van der Waals surface area contributed by atoms with Crippen LogP contribution in [-0.4, -0.2) is 4.98 Å². The highest BCUT2D eigenvalue weighted by Crippen LogP contribution is 2.29. The molecule has 0 amide bonds. The Bertz CT molecular complexity index is 511. The minimum absolute atomic E-state index is 0.443. The van der Waals surface area contributed by atoms with Crippen molar-refractivity contribution in [3.63, 3.8) is 0 Å². The van der Waals surface area contributed by atoms with E-state index in [4.69, 9.17) is 27.9 Å². The van der Waals surface area contributed by atoms with Crippen LogP contribution < -0.4 is 4.74 Å². The highest BCUT2D eigenvalue weighted by atomic mass is 35.5. The number of aryl methyl sites for hydroxylation is 1. The first kappa shape index (κ1) is 12.2. The van der Waals surface area contributed by atoms with E-state index in [-0.39, 0.29) is 0 Å². The summed E-state index contributed by atoms with van der Waals surface area (Å²) < 4.78 is 5.60. The minimum atomic E-state index is 0.443. The van der Waals surface area contributed by atoms with E-state index in [1.165, 1.54) is 0 Å². The van der Waals surface area contributed by atoms with E-state index in [0.717, 1.165) is 11.1 Å². The van der Waals surface area contributed by atoms with E-state index in [1.807, 2.05) is 25.1 Å². The SMILES string of the molecule is Cc1ccc(Cl)c(Oc2ccc(CCl)cn2)c1. The number of hydrogen-bond donors (Lipinski definition) is 0. The highest BCUT2D eigenvalue weighted by molar-refractivity contribution is 6.32. The van der Waals surface area contributed by atoms with Crippen molar-refractivity contribution in [1.82, 2.24) is 4.98 Å². The molecule has 0 aliphatic heterocycles. The molecule has 4 heteroatoms. The van der Waals surface area contributed by atoms with Crippen LogP contribution >= 0.6 is 23.2 Å². The number of nitrogens with zero attached hydrogens (tertiary/aromatic N) is 1. The molecule has 0 N–H and O–H groups in total. The number of ether oxygens (including phenoxy) is 1. The van der Waals surface area contributed by atoms with Crippen LogP contribution in [0.2, 0.25) is 5.02 Å². The first-order valence-corrected chi connectivity index (χ1v) is 6.05. The Labute approximate surface area is 110 Å². The molecule has 2 nitrogen and oxygen atoms in total. The van der Waals surface area contributed by atoms with Gasteiger partial charge in [0.2, 0.25) is 5.88 Å². The molecule has 0 aliphatic carbocycles. The van der Waals surface area contributed by atoms with Crippen molar-refractivity contribution in [2.24, 2.45) is 0 Å². The maximum Gasteiger partial charge on any atom is 0.219 e. The maximum absolute atomic E-state index is 6.03. The molecule has 2 aromatic rings. The Morgan fingerprint density at radius 3 is 2.71 bits per heavy atom. The van der Waals surface area contributed by atoms with Gasteiger partial charge in [-0.2, -0.15) is 0 Å². The highest BCUT2D eigenvalue weighted by Gasteiger charge is 2.04. The minimum Gasteiger partial charge on any atom is -0.437 e. The third kappa shape index (κ3) is 3.11. The van der Waals surface area contributed by atoms with Crippen molar-refractivity contribution < 1.29 is 4.74 Å². The average Bonchev–Trinajstić information content (AvgIpc) is 2.35. The number of rotatable bonds is 3. The summed E-state index contributed by atoms with van der Waals surface area (Å²) in [6, 6.07) is 9.26. The summed E-state index contributed by atoms with van der Waals surface area (Å²) in [7, 11) is 0. The lowest BCUT2D eigenvalue weighted by Gasteiger charge is -2.07. The van der Waals surface area contributed by atoms with E-state index >= 15 is 0 Å². The first-order chi connectivity index (χ1) is 8.19. The molecule has 1 aromatic carbocycles. The van der Waals surface area contributed by atoms with Crippen molar-refractivity contribution in [3.05, 3.63) is 52.7 Å². The van der Waals surface area contributed by atoms with Crippen LogP contribution in [-0.2, 0) is 5.88 Å². The average molecular weight is 268 g/mol. The largest absolute Gasteiger partial charge is 0.437 e. The van der Waals surface area contributed by atoms with E-state index in [0.29, 0.717) is 22.5 Å². The predicted octanol–water partition coefficient (Wildman–Crippen LogP) is 4.57. The second kappa shape index (κ2) is 5.39. The summed E-state index contributed by atoms with van der Waals surface area (Å²) in [5.41, 5.74) is 2.04. The van der Waals surface area contributed by atoms with Gasteiger partial charge < -0.3 is 4.74 Å². The Morgan fingerprint density at radius 1 is 1.24 bits per heavy atom. The topological polar surface area (TPSA) is 22.1 Å². The Kier molecular flexibility index (Phi) is 3.87. The van der Waals surface area contributed by atoms with Crippen molar-refractivity contribution in [2.75, 3.05) is 0 Å². The summed E-state index contributed by atoms with van der Waals surface area (Å²) in [4.78, 5) is 4.15. The monoisotopic (exact) mass is 267 g/mol. The molecule has 0 bridgehead atoms. The molecule has 88 valence electrons. The van der Waals surface area contributed by atoms with Gasteiger partial charge in [0.1, 0.15) is 5.75 Å². The number of hydrogen-bond acceptors (Lipinski definition) is 2. The summed E-state index contributed by atoms with van der Waals surface area (Å²) in [5.74, 6) is 1.56. The second-order valence-electron chi connectivity index (χ2n) is 3.67. The molecule has 0 spiro atoms. The zero-order chi connectivity index (χ0) is 12.3. The molecule has 0 radical (unpaired) electrons. The van der Waals surface area contributed by atoms with Gasteiger partial charge in [0.05, 0.1) is 5.02 Å². The molecule has 0 saturated carbocycles. The number of benzene rings is 1. The molecule has 1 heterocycles. The number of alkyl halides is 1. The van der Waals surface area contributed by atoms with Crippen molar-refractivity contribution in [3.8, 4) is 11.6 Å². The van der Waals surface area contributed by atoms with Crippen LogP contribution in [0.1, 0.15) is 11.1 Å². The third-order valence-corrected chi connectivity index (χ3v) is 2.87. The van der Waals surface area contributed by atoms with Crippen LogP contribution in [0.15, 0.2) is 36.5 Å². The molecule has 17 heavy (non-hydrogen) atoms. The van der Waals surface area contributed by atoms with Gasteiger partial charge in [-0.05, 0) is 30.2 Å². The molecule has 2 rings (SSSR count). The summed E-state index contributed by atoms with van der Waals surface area (Å²) in [6.07, 6.45) is 1.69.